The molecule has 0 radical (unpaired) electrons. The Morgan fingerprint density at radius 1 is 1.33 bits per heavy atom. The van der Waals surface area contributed by atoms with Crippen molar-refractivity contribution in [3.05, 3.63) is 29.0 Å². The third-order valence-corrected chi connectivity index (χ3v) is 4.09. The van der Waals surface area contributed by atoms with Crippen LogP contribution < -0.4 is 10.2 Å². The van der Waals surface area contributed by atoms with Crippen LogP contribution in [-0.2, 0) is 14.4 Å². The molecule has 0 spiro atoms. The number of nitrogens with zero attached hydrogens (tertiary/aromatic N) is 1. The molecular formula is C16H18ClFN2O4. The molecule has 1 aliphatic heterocycles. The number of nitrogens with one attached hydrogen (secondary N) is 1. The highest BCUT2D eigenvalue weighted by Crippen LogP contribution is 2.26. The second-order valence-electron chi connectivity index (χ2n) is 5.60. The molecule has 130 valence electrons. The monoisotopic (exact) mass is 356 g/mol. The number of carbonyl (C=O) groups is 3. The predicted molar refractivity (Wildman–Crippen MR) is 86.4 cm³/mol. The van der Waals surface area contributed by atoms with Gasteiger partial charge < -0.3 is 15.3 Å². The summed E-state index contributed by atoms with van der Waals surface area (Å²) in [7, 11) is 0. The average molecular weight is 357 g/mol. The fourth-order valence-corrected chi connectivity index (χ4v) is 2.73. The molecule has 1 unspecified atom stereocenters. The molecule has 2 N–H and O–H groups in total. The summed E-state index contributed by atoms with van der Waals surface area (Å²) in [5.41, 5.74) is 0.490. The Morgan fingerprint density at radius 2 is 2.04 bits per heavy atom. The molecule has 1 atom stereocenters. The number of anilines is 1. The molecule has 1 aromatic carbocycles. The molecule has 1 fully saturated rings. The highest BCUT2D eigenvalue weighted by molar-refractivity contribution is 6.31. The van der Waals surface area contributed by atoms with Gasteiger partial charge in [-0.2, -0.15) is 0 Å². The third kappa shape index (κ3) is 4.67. The summed E-state index contributed by atoms with van der Waals surface area (Å²) in [5, 5.41) is 11.1. The normalized spacial score (nSPS) is 17.2. The smallest absolute Gasteiger partial charge is 0.303 e. The molecule has 1 saturated heterocycles. The van der Waals surface area contributed by atoms with Gasteiger partial charge >= 0.3 is 5.97 Å². The van der Waals surface area contributed by atoms with Gasteiger partial charge in [-0.3, -0.25) is 14.4 Å². The van der Waals surface area contributed by atoms with E-state index in [1.165, 1.54) is 23.1 Å². The third-order valence-electron chi connectivity index (χ3n) is 3.80. The minimum absolute atomic E-state index is 0.0226. The van der Waals surface area contributed by atoms with Crippen molar-refractivity contribution in [3.63, 3.8) is 0 Å². The fourth-order valence-electron chi connectivity index (χ4n) is 2.55. The quantitative estimate of drug-likeness (QED) is 0.734. The highest BCUT2D eigenvalue weighted by Gasteiger charge is 2.33. The van der Waals surface area contributed by atoms with E-state index in [1.54, 1.807) is 0 Å². The average Bonchev–Trinajstić information content (AvgIpc) is 2.87. The summed E-state index contributed by atoms with van der Waals surface area (Å²) in [6, 6.07) is 3.42. The Balaban J connectivity index is 1.86. The van der Waals surface area contributed by atoms with Gasteiger partial charge in [0.15, 0.2) is 0 Å². The molecule has 24 heavy (non-hydrogen) atoms. The standard InChI is InChI=1S/C16H18ClFN2O4/c17-11-9-10(5-6-12(11)18)20-8-7-13(16(20)24)19-14(21)3-1-2-4-15(22)23/h5-6,9,13H,1-4,7-8H2,(H,19,21)(H,22,23). The molecule has 0 aliphatic carbocycles. The van der Waals surface area contributed by atoms with E-state index in [0.29, 0.717) is 31.5 Å². The van der Waals surface area contributed by atoms with Gasteiger partial charge in [-0.05, 0) is 37.5 Å². The number of halogens is 2. The van der Waals surface area contributed by atoms with Crippen molar-refractivity contribution in [3.8, 4) is 0 Å². The van der Waals surface area contributed by atoms with Gasteiger partial charge in [0.05, 0.1) is 5.02 Å². The Bertz CT molecular complexity index is 653. The van der Waals surface area contributed by atoms with E-state index in [2.05, 4.69) is 5.32 Å². The number of carboxylic acids is 1. The first-order valence-corrected chi connectivity index (χ1v) is 8.04. The largest absolute Gasteiger partial charge is 0.481 e. The maximum absolute atomic E-state index is 13.2. The SMILES string of the molecule is O=C(O)CCCCC(=O)NC1CCN(c2ccc(F)c(Cl)c2)C1=O. The molecule has 0 aromatic heterocycles. The summed E-state index contributed by atoms with van der Waals surface area (Å²) in [6.45, 7) is 0.407. The molecule has 1 aromatic rings. The zero-order valence-electron chi connectivity index (χ0n) is 12.9. The molecule has 8 heteroatoms. The van der Waals surface area contributed by atoms with Crippen LogP contribution in [0.1, 0.15) is 32.1 Å². The molecule has 1 aliphatic rings. The zero-order chi connectivity index (χ0) is 17.7. The predicted octanol–water partition coefficient (Wildman–Crippen LogP) is 2.35. The van der Waals surface area contributed by atoms with Gasteiger partial charge in [0.25, 0.3) is 0 Å². The minimum atomic E-state index is -0.894. The van der Waals surface area contributed by atoms with Gasteiger partial charge in [0, 0.05) is 25.1 Å². The van der Waals surface area contributed by atoms with E-state index in [-0.39, 0.29) is 29.7 Å². The molecule has 6 nitrogen and oxygen atoms in total. The van der Waals surface area contributed by atoms with Crippen molar-refractivity contribution in [2.75, 3.05) is 11.4 Å². The van der Waals surface area contributed by atoms with Crippen molar-refractivity contribution in [1.29, 1.82) is 0 Å². The Morgan fingerprint density at radius 3 is 2.71 bits per heavy atom. The number of amides is 2. The number of hydrogen-bond acceptors (Lipinski definition) is 3. The number of aliphatic carboxylic acids is 1. The molecule has 2 amide bonds. The van der Waals surface area contributed by atoms with Crippen LogP contribution in [0.2, 0.25) is 5.02 Å². The van der Waals surface area contributed by atoms with Crippen LogP contribution in [0.15, 0.2) is 18.2 Å². The van der Waals surface area contributed by atoms with E-state index in [1.807, 2.05) is 0 Å². The van der Waals surface area contributed by atoms with Gasteiger partial charge in [0.2, 0.25) is 11.8 Å². The number of rotatable bonds is 7. The summed E-state index contributed by atoms with van der Waals surface area (Å²) < 4.78 is 13.2. The van der Waals surface area contributed by atoms with Crippen LogP contribution >= 0.6 is 11.6 Å². The Hall–Kier alpha value is -2.15. The first-order valence-electron chi connectivity index (χ1n) is 7.66. The van der Waals surface area contributed by atoms with Crippen molar-refractivity contribution in [1.82, 2.24) is 5.32 Å². The number of carboxylic acid groups (broad SMARTS) is 1. The summed E-state index contributed by atoms with van der Waals surface area (Å²) in [4.78, 5) is 36.0. The van der Waals surface area contributed by atoms with E-state index in [0.717, 1.165) is 0 Å². The Kier molecular flexibility index (Phi) is 6.14. The summed E-state index contributed by atoms with van der Waals surface area (Å²) >= 11 is 5.73. The fraction of sp³-hybridized carbons (Fsp3) is 0.438. The number of hydrogen-bond donors (Lipinski definition) is 2. The van der Waals surface area contributed by atoms with Crippen LogP contribution in [-0.4, -0.2) is 35.5 Å². The number of unbranched alkanes of at least 4 members (excludes halogenated alkanes) is 1. The van der Waals surface area contributed by atoms with Gasteiger partial charge in [0.1, 0.15) is 11.9 Å². The lowest BCUT2D eigenvalue weighted by Crippen LogP contribution is -2.41. The van der Waals surface area contributed by atoms with Crippen LogP contribution in [0.4, 0.5) is 10.1 Å². The van der Waals surface area contributed by atoms with Crippen LogP contribution in [0, 0.1) is 5.82 Å². The maximum atomic E-state index is 13.2. The first kappa shape index (κ1) is 18.2. The lowest BCUT2D eigenvalue weighted by molar-refractivity contribution is -0.137. The maximum Gasteiger partial charge on any atom is 0.303 e. The molecule has 1 heterocycles. The van der Waals surface area contributed by atoms with Gasteiger partial charge in [-0.15, -0.1) is 0 Å². The van der Waals surface area contributed by atoms with E-state index >= 15 is 0 Å². The lowest BCUT2D eigenvalue weighted by Gasteiger charge is -2.17. The molecular weight excluding hydrogens is 339 g/mol. The van der Waals surface area contributed by atoms with Crippen molar-refractivity contribution in [2.24, 2.45) is 0 Å². The van der Waals surface area contributed by atoms with E-state index in [9.17, 15) is 18.8 Å². The zero-order valence-corrected chi connectivity index (χ0v) is 13.7. The number of benzene rings is 1. The van der Waals surface area contributed by atoms with Crippen molar-refractivity contribution < 1.29 is 23.9 Å². The topological polar surface area (TPSA) is 86.7 Å². The van der Waals surface area contributed by atoms with E-state index < -0.39 is 17.8 Å². The molecule has 0 saturated carbocycles. The second-order valence-corrected chi connectivity index (χ2v) is 6.01. The van der Waals surface area contributed by atoms with Gasteiger partial charge in [-0.1, -0.05) is 11.6 Å². The second kappa shape index (κ2) is 8.10. The first-order chi connectivity index (χ1) is 11.4. The van der Waals surface area contributed by atoms with Crippen LogP contribution in [0.3, 0.4) is 0 Å². The van der Waals surface area contributed by atoms with Gasteiger partial charge in [-0.25, -0.2) is 4.39 Å². The highest BCUT2D eigenvalue weighted by atomic mass is 35.5. The molecule has 0 bridgehead atoms. The summed E-state index contributed by atoms with van der Waals surface area (Å²) in [5.74, 6) is -2.00. The Labute approximate surface area is 143 Å². The molecule has 2 rings (SSSR count). The summed E-state index contributed by atoms with van der Waals surface area (Å²) in [6.07, 6.45) is 1.53. The van der Waals surface area contributed by atoms with Crippen LogP contribution in [0.25, 0.3) is 0 Å². The van der Waals surface area contributed by atoms with Crippen molar-refractivity contribution in [2.45, 2.75) is 38.1 Å². The number of carbonyl (C=O) groups excluding carboxylic acids is 2. The van der Waals surface area contributed by atoms with Crippen molar-refractivity contribution >= 4 is 35.1 Å². The van der Waals surface area contributed by atoms with E-state index in [4.69, 9.17) is 16.7 Å². The minimum Gasteiger partial charge on any atom is -0.481 e. The lowest BCUT2D eigenvalue weighted by atomic mass is 10.1. The van der Waals surface area contributed by atoms with Crippen LogP contribution in [0.5, 0.6) is 0 Å².